The number of nitrogens with one attached hydrogen (secondary N) is 1. The third-order valence-corrected chi connectivity index (χ3v) is 3.38. The zero-order valence-electron chi connectivity index (χ0n) is 10.2. The lowest BCUT2D eigenvalue weighted by Crippen LogP contribution is -2.14. The Labute approximate surface area is 114 Å². The maximum absolute atomic E-state index is 12.0. The molecule has 0 aliphatic carbocycles. The van der Waals surface area contributed by atoms with Gasteiger partial charge in [-0.15, -0.1) is 0 Å². The van der Waals surface area contributed by atoms with Crippen molar-refractivity contribution in [3.8, 4) is 0 Å². The topological polar surface area (TPSA) is 42.0 Å². The number of rotatable bonds is 2. The van der Waals surface area contributed by atoms with Gasteiger partial charge in [-0.05, 0) is 65.2 Å². The van der Waals surface area contributed by atoms with Crippen molar-refractivity contribution < 1.29 is 4.79 Å². The minimum atomic E-state index is -0.217. The van der Waals surface area contributed by atoms with Gasteiger partial charge in [-0.2, -0.15) is 0 Å². The van der Waals surface area contributed by atoms with E-state index in [-0.39, 0.29) is 5.91 Å². The summed E-state index contributed by atoms with van der Waals surface area (Å²) in [5.41, 5.74) is 3.51. The second kappa shape index (κ2) is 5.31. The van der Waals surface area contributed by atoms with Crippen LogP contribution < -0.4 is 5.32 Å². The van der Waals surface area contributed by atoms with Crippen molar-refractivity contribution in [1.29, 1.82) is 0 Å². The van der Waals surface area contributed by atoms with E-state index in [1.54, 1.807) is 18.3 Å². The molecule has 1 aromatic heterocycles. The molecule has 2 rings (SSSR count). The average Bonchev–Trinajstić information content (AvgIpc) is 2.34. The average molecular weight is 305 g/mol. The predicted octanol–water partition coefficient (Wildman–Crippen LogP) is 3.71. The van der Waals surface area contributed by atoms with Crippen molar-refractivity contribution in [3.05, 3.63) is 57.8 Å². The van der Waals surface area contributed by atoms with Gasteiger partial charge in [0.15, 0.2) is 0 Å². The monoisotopic (exact) mass is 304 g/mol. The first kappa shape index (κ1) is 12.8. The van der Waals surface area contributed by atoms with Crippen LogP contribution in [0.2, 0.25) is 0 Å². The number of hydrogen-bond acceptors (Lipinski definition) is 2. The van der Waals surface area contributed by atoms with Crippen LogP contribution in [-0.4, -0.2) is 10.9 Å². The summed E-state index contributed by atoms with van der Waals surface area (Å²) in [5.74, 6) is -0.217. The molecule has 1 amide bonds. The first-order valence-corrected chi connectivity index (χ1v) is 6.36. The van der Waals surface area contributed by atoms with Gasteiger partial charge < -0.3 is 5.32 Å². The lowest BCUT2D eigenvalue weighted by Gasteiger charge is -2.08. The van der Waals surface area contributed by atoms with Crippen molar-refractivity contribution in [3.63, 3.8) is 0 Å². The molecule has 0 aliphatic rings. The Hall–Kier alpha value is -1.68. The maximum Gasteiger partial charge on any atom is 0.275 e. The fourth-order valence-corrected chi connectivity index (χ4v) is 2.00. The fraction of sp³-hybridized carbons (Fsp3) is 0.143. The quantitative estimate of drug-likeness (QED) is 0.919. The molecular weight excluding hydrogens is 292 g/mol. The highest BCUT2D eigenvalue weighted by molar-refractivity contribution is 9.10. The second-order valence-electron chi connectivity index (χ2n) is 4.09. The Bertz CT molecular complexity index is 596. The van der Waals surface area contributed by atoms with Crippen LogP contribution in [0, 0.1) is 13.8 Å². The standard InChI is InChI=1S/C14H13BrN2O/c1-9-5-6-11(8-10(9)2)17-14(18)13-12(15)4-3-7-16-13/h3-8H,1-2H3,(H,17,18). The van der Waals surface area contributed by atoms with E-state index < -0.39 is 0 Å². The molecule has 1 heterocycles. The molecule has 0 spiro atoms. The summed E-state index contributed by atoms with van der Waals surface area (Å²) in [7, 11) is 0. The number of aryl methyl sites for hydroxylation is 2. The molecule has 1 aromatic carbocycles. The normalized spacial score (nSPS) is 10.2. The summed E-state index contributed by atoms with van der Waals surface area (Å²) in [6.45, 7) is 4.05. The van der Waals surface area contributed by atoms with Crippen LogP contribution in [-0.2, 0) is 0 Å². The molecule has 1 N–H and O–H groups in total. The molecule has 3 nitrogen and oxygen atoms in total. The molecule has 0 aliphatic heterocycles. The van der Waals surface area contributed by atoms with Gasteiger partial charge in [0.05, 0.1) is 0 Å². The van der Waals surface area contributed by atoms with Crippen molar-refractivity contribution >= 4 is 27.5 Å². The third kappa shape index (κ3) is 2.76. The number of anilines is 1. The van der Waals surface area contributed by atoms with Gasteiger partial charge >= 0.3 is 0 Å². The SMILES string of the molecule is Cc1ccc(NC(=O)c2ncccc2Br)cc1C. The molecule has 0 unspecified atom stereocenters. The smallest absolute Gasteiger partial charge is 0.275 e. The van der Waals surface area contributed by atoms with E-state index in [4.69, 9.17) is 0 Å². The molecule has 4 heteroatoms. The molecule has 2 aromatic rings. The van der Waals surface area contributed by atoms with Crippen LogP contribution in [0.1, 0.15) is 21.6 Å². The number of hydrogen-bond donors (Lipinski definition) is 1. The summed E-state index contributed by atoms with van der Waals surface area (Å²) < 4.78 is 0.686. The number of benzene rings is 1. The molecule has 0 saturated heterocycles. The first-order chi connectivity index (χ1) is 8.58. The Balaban J connectivity index is 2.22. The van der Waals surface area contributed by atoms with E-state index in [1.807, 2.05) is 32.0 Å². The number of amides is 1. The van der Waals surface area contributed by atoms with Crippen LogP contribution in [0.25, 0.3) is 0 Å². The lowest BCUT2D eigenvalue weighted by atomic mass is 10.1. The minimum Gasteiger partial charge on any atom is -0.321 e. The number of nitrogens with zero attached hydrogens (tertiary/aromatic N) is 1. The largest absolute Gasteiger partial charge is 0.321 e. The van der Waals surface area contributed by atoms with E-state index in [2.05, 4.69) is 26.2 Å². The van der Waals surface area contributed by atoms with Crippen molar-refractivity contribution in [2.24, 2.45) is 0 Å². The van der Waals surface area contributed by atoms with Gasteiger partial charge in [-0.1, -0.05) is 6.07 Å². The first-order valence-electron chi connectivity index (χ1n) is 5.57. The fourth-order valence-electron chi connectivity index (χ4n) is 1.56. The molecule has 0 fully saturated rings. The summed E-state index contributed by atoms with van der Waals surface area (Å²) >= 11 is 3.31. The maximum atomic E-state index is 12.0. The highest BCUT2D eigenvalue weighted by atomic mass is 79.9. The Morgan fingerprint density at radius 1 is 1.22 bits per heavy atom. The Morgan fingerprint density at radius 3 is 2.67 bits per heavy atom. The molecule has 0 atom stereocenters. The van der Waals surface area contributed by atoms with Crippen molar-refractivity contribution in [1.82, 2.24) is 4.98 Å². The zero-order valence-corrected chi connectivity index (χ0v) is 11.8. The minimum absolute atomic E-state index is 0.217. The van der Waals surface area contributed by atoms with Gasteiger partial charge in [0.2, 0.25) is 0 Å². The van der Waals surface area contributed by atoms with Crippen LogP contribution in [0.15, 0.2) is 41.0 Å². The number of carbonyl (C=O) groups excluding carboxylic acids is 1. The molecule has 0 saturated carbocycles. The van der Waals surface area contributed by atoms with E-state index in [9.17, 15) is 4.79 Å². The second-order valence-corrected chi connectivity index (χ2v) is 4.94. The Kier molecular flexibility index (Phi) is 3.77. The molecule has 0 bridgehead atoms. The molecule has 92 valence electrons. The molecule has 18 heavy (non-hydrogen) atoms. The highest BCUT2D eigenvalue weighted by Gasteiger charge is 2.11. The number of carbonyl (C=O) groups is 1. The van der Waals surface area contributed by atoms with E-state index >= 15 is 0 Å². The van der Waals surface area contributed by atoms with Gasteiger partial charge in [0.1, 0.15) is 5.69 Å². The van der Waals surface area contributed by atoms with Crippen molar-refractivity contribution in [2.75, 3.05) is 5.32 Å². The van der Waals surface area contributed by atoms with Gasteiger partial charge in [0.25, 0.3) is 5.91 Å². The predicted molar refractivity (Wildman–Crippen MR) is 75.8 cm³/mol. The lowest BCUT2D eigenvalue weighted by molar-refractivity contribution is 0.102. The number of aromatic nitrogens is 1. The number of pyridine rings is 1. The summed E-state index contributed by atoms with van der Waals surface area (Å²) in [6, 6.07) is 9.39. The summed E-state index contributed by atoms with van der Waals surface area (Å²) in [6.07, 6.45) is 1.60. The summed E-state index contributed by atoms with van der Waals surface area (Å²) in [5, 5.41) is 2.84. The van der Waals surface area contributed by atoms with Gasteiger partial charge in [0, 0.05) is 16.4 Å². The van der Waals surface area contributed by atoms with Crippen molar-refractivity contribution in [2.45, 2.75) is 13.8 Å². The van der Waals surface area contributed by atoms with Crippen LogP contribution in [0.4, 0.5) is 5.69 Å². The number of halogens is 1. The van der Waals surface area contributed by atoms with Crippen LogP contribution in [0.5, 0.6) is 0 Å². The van der Waals surface area contributed by atoms with Crippen LogP contribution in [0.3, 0.4) is 0 Å². The Morgan fingerprint density at radius 2 is 2.00 bits per heavy atom. The van der Waals surface area contributed by atoms with E-state index in [0.717, 1.165) is 11.3 Å². The summed E-state index contributed by atoms with van der Waals surface area (Å²) in [4.78, 5) is 16.1. The molecule has 0 radical (unpaired) electrons. The third-order valence-electron chi connectivity index (χ3n) is 2.74. The zero-order chi connectivity index (χ0) is 13.1. The van der Waals surface area contributed by atoms with E-state index in [0.29, 0.717) is 10.2 Å². The highest BCUT2D eigenvalue weighted by Crippen LogP contribution is 2.17. The van der Waals surface area contributed by atoms with Gasteiger partial charge in [-0.3, -0.25) is 4.79 Å². The van der Waals surface area contributed by atoms with Gasteiger partial charge in [-0.25, -0.2) is 4.98 Å². The van der Waals surface area contributed by atoms with Crippen LogP contribution >= 0.6 is 15.9 Å². The van der Waals surface area contributed by atoms with E-state index in [1.165, 1.54) is 5.56 Å². The molecular formula is C14H13BrN2O.